The molecule has 3 amide bonds. The number of carbonyl (C=O) groups excluding carboxylic acids is 2. The molecule has 2 aromatic carbocycles. The van der Waals surface area contributed by atoms with E-state index in [0.717, 1.165) is 4.90 Å². The summed E-state index contributed by atoms with van der Waals surface area (Å²) in [6.45, 7) is 2.04. The number of hydrogen-bond donors (Lipinski definition) is 1. The van der Waals surface area contributed by atoms with Gasteiger partial charge in [-0.3, -0.25) is 9.69 Å². The Bertz CT molecular complexity index is 923. The Labute approximate surface area is 165 Å². The normalized spacial score (nSPS) is 15.4. The lowest BCUT2D eigenvalue weighted by Crippen LogP contribution is -2.30. The van der Waals surface area contributed by atoms with E-state index in [4.69, 9.17) is 27.9 Å². The Hall–Kier alpha value is -2.57. The predicted octanol–water partition coefficient (Wildman–Crippen LogP) is 4.62. The molecule has 0 radical (unpaired) electrons. The summed E-state index contributed by atoms with van der Waals surface area (Å²) < 4.78 is 19.2. The van der Waals surface area contributed by atoms with Crippen molar-refractivity contribution < 1.29 is 18.7 Å². The number of benzene rings is 2. The number of halogens is 3. The van der Waals surface area contributed by atoms with Crippen molar-refractivity contribution in [2.75, 3.05) is 6.61 Å². The molecule has 1 aliphatic rings. The molecule has 0 unspecified atom stereocenters. The summed E-state index contributed by atoms with van der Waals surface area (Å²) in [6.07, 6.45) is 1.45. The lowest BCUT2D eigenvalue weighted by molar-refractivity contribution is -0.123. The van der Waals surface area contributed by atoms with Gasteiger partial charge in [0.2, 0.25) is 0 Å². The summed E-state index contributed by atoms with van der Waals surface area (Å²) in [5.74, 6) is -0.698. The number of nitrogens with one attached hydrogen (secondary N) is 1. The molecule has 0 aromatic heterocycles. The molecule has 0 atom stereocenters. The second-order valence-electron chi connectivity index (χ2n) is 5.72. The van der Waals surface area contributed by atoms with Crippen LogP contribution < -0.4 is 10.1 Å². The van der Waals surface area contributed by atoms with Crippen molar-refractivity contribution in [1.29, 1.82) is 0 Å². The number of urea groups is 1. The molecule has 3 rings (SSSR count). The van der Waals surface area contributed by atoms with Gasteiger partial charge in [0.25, 0.3) is 5.91 Å². The molecule has 1 fully saturated rings. The monoisotopic (exact) mass is 408 g/mol. The molecule has 8 heteroatoms. The van der Waals surface area contributed by atoms with Crippen molar-refractivity contribution in [3.05, 3.63) is 69.1 Å². The molecular weight excluding hydrogens is 394 g/mol. The number of nitrogens with zero attached hydrogens (tertiary/aromatic N) is 1. The van der Waals surface area contributed by atoms with Crippen LogP contribution in [0.2, 0.25) is 10.0 Å². The highest BCUT2D eigenvalue weighted by molar-refractivity contribution is 6.37. The van der Waals surface area contributed by atoms with Gasteiger partial charge in [-0.05, 0) is 36.8 Å². The third-order valence-electron chi connectivity index (χ3n) is 3.87. The maximum Gasteiger partial charge on any atom is 0.329 e. The van der Waals surface area contributed by atoms with Gasteiger partial charge >= 0.3 is 6.03 Å². The van der Waals surface area contributed by atoms with Crippen LogP contribution in [0.1, 0.15) is 18.1 Å². The highest BCUT2D eigenvalue weighted by Gasteiger charge is 2.34. The molecule has 0 spiro atoms. The third-order valence-corrected chi connectivity index (χ3v) is 4.43. The largest absolute Gasteiger partial charge is 0.491 e. The number of ether oxygens (including phenoxy) is 1. The molecule has 0 saturated carbocycles. The summed E-state index contributed by atoms with van der Waals surface area (Å²) in [6, 6.07) is 8.48. The fourth-order valence-corrected chi connectivity index (χ4v) is 3.24. The van der Waals surface area contributed by atoms with Crippen LogP contribution in [-0.4, -0.2) is 23.4 Å². The van der Waals surface area contributed by atoms with E-state index in [-0.39, 0.29) is 27.9 Å². The van der Waals surface area contributed by atoms with E-state index in [2.05, 4.69) is 5.32 Å². The average Bonchev–Trinajstić information content (AvgIpc) is 2.87. The molecule has 1 saturated heterocycles. The fourth-order valence-electron chi connectivity index (χ4n) is 2.62. The van der Waals surface area contributed by atoms with E-state index in [1.807, 2.05) is 0 Å². The molecular formula is C19H15Cl2FN2O3. The number of imide groups is 1. The molecule has 140 valence electrons. The van der Waals surface area contributed by atoms with Crippen molar-refractivity contribution >= 4 is 41.2 Å². The van der Waals surface area contributed by atoms with E-state index in [1.54, 1.807) is 25.1 Å². The lowest BCUT2D eigenvalue weighted by Gasteiger charge is -2.12. The molecule has 0 aliphatic carbocycles. The molecule has 1 heterocycles. The number of hydrogen-bond acceptors (Lipinski definition) is 3. The van der Waals surface area contributed by atoms with Crippen LogP contribution in [0.25, 0.3) is 6.08 Å². The predicted molar refractivity (Wildman–Crippen MR) is 101 cm³/mol. The molecule has 27 heavy (non-hydrogen) atoms. The summed E-state index contributed by atoms with van der Waals surface area (Å²) in [7, 11) is 0. The Morgan fingerprint density at radius 1 is 1.19 bits per heavy atom. The smallest absolute Gasteiger partial charge is 0.329 e. The van der Waals surface area contributed by atoms with Crippen molar-refractivity contribution in [2.45, 2.75) is 13.5 Å². The van der Waals surface area contributed by atoms with E-state index in [0.29, 0.717) is 17.9 Å². The summed E-state index contributed by atoms with van der Waals surface area (Å²) in [5, 5.41) is 3.06. The molecule has 1 N–H and O–H groups in total. The first-order valence-electron chi connectivity index (χ1n) is 8.10. The van der Waals surface area contributed by atoms with E-state index in [1.165, 1.54) is 24.3 Å². The van der Waals surface area contributed by atoms with Gasteiger partial charge in [-0.2, -0.15) is 0 Å². The molecule has 1 aliphatic heterocycles. The molecule has 5 nitrogen and oxygen atoms in total. The maximum atomic E-state index is 13.8. The van der Waals surface area contributed by atoms with Crippen LogP contribution in [0.3, 0.4) is 0 Å². The van der Waals surface area contributed by atoms with Gasteiger partial charge in [-0.15, -0.1) is 0 Å². The Morgan fingerprint density at radius 3 is 2.48 bits per heavy atom. The molecule has 2 aromatic rings. The van der Waals surface area contributed by atoms with E-state index in [9.17, 15) is 14.0 Å². The minimum atomic E-state index is -0.627. The van der Waals surface area contributed by atoms with Gasteiger partial charge in [-0.1, -0.05) is 41.4 Å². The number of amides is 3. The van der Waals surface area contributed by atoms with Crippen molar-refractivity contribution in [3.63, 3.8) is 0 Å². The highest BCUT2D eigenvalue weighted by atomic mass is 35.5. The van der Waals surface area contributed by atoms with Gasteiger partial charge in [0.15, 0.2) is 5.75 Å². The number of carbonyl (C=O) groups is 2. The minimum Gasteiger partial charge on any atom is -0.491 e. The van der Waals surface area contributed by atoms with E-state index >= 15 is 0 Å². The summed E-state index contributed by atoms with van der Waals surface area (Å²) in [4.78, 5) is 25.6. The van der Waals surface area contributed by atoms with Crippen LogP contribution in [-0.2, 0) is 11.3 Å². The average molecular weight is 409 g/mol. The molecule has 0 bridgehead atoms. The third kappa shape index (κ3) is 4.07. The first-order chi connectivity index (χ1) is 12.9. The van der Waals surface area contributed by atoms with E-state index < -0.39 is 17.8 Å². The SMILES string of the molecule is CCOc1c(Cl)cc(/C=C2/NC(=O)N(Cc3ccccc3F)C2=O)cc1Cl. The van der Waals surface area contributed by atoms with Crippen LogP contribution in [0.4, 0.5) is 9.18 Å². The van der Waals surface area contributed by atoms with Crippen LogP contribution in [0, 0.1) is 5.82 Å². The van der Waals surface area contributed by atoms with Crippen molar-refractivity contribution in [3.8, 4) is 5.75 Å². The summed E-state index contributed by atoms with van der Waals surface area (Å²) in [5.41, 5.74) is 0.812. The second-order valence-corrected chi connectivity index (χ2v) is 6.53. The summed E-state index contributed by atoms with van der Waals surface area (Å²) >= 11 is 12.3. The Morgan fingerprint density at radius 2 is 1.85 bits per heavy atom. The quantitative estimate of drug-likeness (QED) is 0.579. The van der Waals surface area contributed by atoms with Crippen LogP contribution >= 0.6 is 23.2 Å². The van der Waals surface area contributed by atoms with Crippen LogP contribution in [0.15, 0.2) is 42.1 Å². The first kappa shape index (κ1) is 19.2. The lowest BCUT2D eigenvalue weighted by atomic mass is 10.1. The fraction of sp³-hybridized carbons (Fsp3) is 0.158. The van der Waals surface area contributed by atoms with Gasteiger partial charge in [0.05, 0.1) is 23.2 Å². The Kier molecular flexibility index (Phi) is 5.68. The Balaban J connectivity index is 1.85. The minimum absolute atomic E-state index is 0.0487. The van der Waals surface area contributed by atoms with Gasteiger partial charge < -0.3 is 10.1 Å². The van der Waals surface area contributed by atoms with Crippen molar-refractivity contribution in [1.82, 2.24) is 10.2 Å². The zero-order chi connectivity index (χ0) is 19.6. The van der Waals surface area contributed by atoms with Crippen molar-refractivity contribution in [2.24, 2.45) is 0 Å². The van der Waals surface area contributed by atoms with Gasteiger partial charge in [0, 0.05) is 5.56 Å². The second kappa shape index (κ2) is 7.98. The topological polar surface area (TPSA) is 58.6 Å². The maximum absolute atomic E-state index is 13.8. The van der Waals surface area contributed by atoms with Gasteiger partial charge in [-0.25, -0.2) is 9.18 Å². The zero-order valence-corrected chi connectivity index (χ0v) is 15.8. The first-order valence-corrected chi connectivity index (χ1v) is 8.86. The van der Waals surface area contributed by atoms with Gasteiger partial charge in [0.1, 0.15) is 11.5 Å². The van der Waals surface area contributed by atoms with Crippen LogP contribution in [0.5, 0.6) is 5.75 Å². The highest BCUT2D eigenvalue weighted by Crippen LogP contribution is 2.35. The zero-order valence-electron chi connectivity index (χ0n) is 14.3. The number of rotatable bonds is 5. The standard InChI is InChI=1S/C19H15Cl2FN2O3/c1-2-27-17-13(20)7-11(8-14(17)21)9-16-18(25)24(19(26)23-16)10-12-5-3-4-6-15(12)22/h3-9H,2,10H2,1H3,(H,23,26)/b16-9+.